The number of fused-ring (bicyclic) bond motifs is 6. The van der Waals surface area contributed by atoms with Crippen molar-refractivity contribution in [1.82, 2.24) is 9.13 Å². The average Bonchev–Trinajstić information content (AvgIpc) is 3.56. The van der Waals surface area contributed by atoms with Crippen molar-refractivity contribution in [2.24, 2.45) is 11.3 Å². The fourth-order valence-electron chi connectivity index (χ4n) is 7.45. The van der Waals surface area contributed by atoms with E-state index in [1.807, 2.05) is 0 Å². The normalized spacial score (nSPS) is 15.2. The van der Waals surface area contributed by atoms with Crippen molar-refractivity contribution in [1.29, 1.82) is 0 Å². The number of nitrogens with zero attached hydrogens (tertiary/aromatic N) is 2. The Morgan fingerprint density at radius 2 is 1.13 bits per heavy atom. The molecule has 8 rings (SSSR count). The van der Waals surface area contributed by atoms with E-state index in [2.05, 4.69) is 178 Å². The fraction of sp³-hybridized carbons (Fsp3) is 0.227. The lowest BCUT2D eigenvalue weighted by Crippen LogP contribution is -2.22. The minimum absolute atomic E-state index is 0.0940. The van der Waals surface area contributed by atoms with Crippen LogP contribution in [-0.4, -0.2) is 9.13 Å². The highest BCUT2D eigenvalue weighted by Gasteiger charge is 2.29. The summed E-state index contributed by atoms with van der Waals surface area (Å²) in [5.41, 5.74) is 13.0. The van der Waals surface area contributed by atoms with Crippen LogP contribution in [0.3, 0.4) is 0 Å². The third-order valence-corrected chi connectivity index (χ3v) is 10.1. The molecule has 0 fully saturated rings. The lowest BCUT2D eigenvalue weighted by molar-refractivity contribution is 0.291. The van der Waals surface area contributed by atoms with Crippen LogP contribution < -0.4 is 0 Å². The second kappa shape index (κ2) is 10.4. The van der Waals surface area contributed by atoms with E-state index in [-0.39, 0.29) is 10.8 Å². The molecule has 0 radical (unpaired) electrons. The summed E-state index contributed by atoms with van der Waals surface area (Å²) in [4.78, 5) is 0. The zero-order valence-corrected chi connectivity index (χ0v) is 27.8. The Balaban J connectivity index is 1.26. The van der Waals surface area contributed by atoms with Crippen LogP contribution in [0, 0.1) is 11.3 Å². The van der Waals surface area contributed by atoms with Gasteiger partial charge in [-0.25, -0.2) is 0 Å². The summed E-state index contributed by atoms with van der Waals surface area (Å²) in [5.74, 6) is 0.522. The van der Waals surface area contributed by atoms with Gasteiger partial charge in [-0.2, -0.15) is 0 Å². The maximum atomic E-state index is 2.47. The highest BCUT2D eigenvalue weighted by Crippen LogP contribution is 2.41. The predicted molar refractivity (Wildman–Crippen MR) is 197 cm³/mol. The summed E-state index contributed by atoms with van der Waals surface area (Å²) in [7, 11) is 0. The first kappa shape index (κ1) is 28.6. The van der Waals surface area contributed by atoms with Gasteiger partial charge in [0.25, 0.3) is 0 Å². The fourth-order valence-corrected chi connectivity index (χ4v) is 7.45. The molecule has 0 spiro atoms. The number of para-hydroxylation sites is 2. The van der Waals surface area contributed by atoms with Crippen LogP contribution in [0.15, 0.2) is 121 Å². The maximum absolute atomic E-state index is 2.47. The van der Waals surface area contributed by atoms with Crippen molar-refractivity contribution in [3.05, 3.63) is 138 Å². The molecule has 228 valence electrons. The van der Waals surface area contributed by atoms with Gasteiger partial charge in [0.15, 0.2) is 0 Å². The number of hydrogen-bond donors (Lipinski definition) is 0. The van der Waals surface area contributed by atoms with Crippen molar-refractivity contribution in [3.63, 3.8) is 0 Å². The largest absolute Gasteiger partial charge is 0.310 e. The molecule has 1 unspecified atom stereocenters. The van der Waals surface area contributed by atoms with Gasteiger partial charge in [0, 0.05) is 33.2 Å². The van der Waals surface area contributed by atoms with Crippen LogP contribution in [0.25, 0.3) is 61.3 Å². The summed E-state index contributed by atoms with van der Waals surface area (Å²) < 4.78 is 4.89. The Morgan fingerprint density at radius 3 is 1.78 bits per heavy atom. The van der Waals surface area contributed by atoms with Gasteiger partial charge in [-0.05, 0) is 100 Å². The molecule has 0 N–H and O–H groups in total. The summed E-state index contributed by atoms with van der Waals surface area (Å²) in [6.45, 7) is 13.9. The molecule has 5 aromatic carbocycles. The zero-order valence-electron chi connectivity index (χ0n) is 27.8. The van der Waals surface area contributed by atoms with Crippen LogP contribution in [0.5, 0.6) is 0 Å². The van der Waals surface area contributed by atoms with E-state index in [1.54, 1.807) is 0 Å². The number of rotatable bonds is 3. The third-order valence-electron chi connectivity index (χ3n) is 10.1. The predicted octanol–water partition coefficient (Wildman–Crippen LogP) is 11.9. The number of benzene rings is 5. The Bertz CT molecular complexity index is 2310. The molecular formula is C44H42N2. The molecule has 2 heterocycles. The van der Waals surface area contributed by atoms with Gasteiger partial charge in [0.2, 0.25) is 0 Å². The summed E-state index contributed by atoms with van der Waals surface area (Å²) >= 11 is 0. The lowest BCUT2D eigenvalue weighted by Gasteiger charge is -2.30. The molecule has 1 aliphatic carbocycles. The van der Waals surface area contributed by atoms with Gasteiger partial charge in [0.05, 0.1) is 16.6 Å². The lowest BCUT2D eigenvalue weighted by atomic mass is 9.75. The molecule has 0 amide bonds. The molecule has 0 aliphatic heterocycles. The summed E-state index contributed by atoms with van der Waals surface area (Å²) in [6, 6.07) is 42.8. The Morgan fingerprint density at radius 1 is 0.543 bits per heavy atom. The molecule has 1 atom stereocenters. The van der Waals surface area contributed by atoms with Crippen molar-refractivity contribution in [2.45, 2.75) is 53.4 Å². The molecule has 1 aliphatic rings. The van der Waals surface area contributed by atoms with Crippen molar-refractivity contribution in [3.8, 4) is 22.5 Å². The number of allylic oxidation sites excluding steroid dienone is 1. The van der Waals surface area contributed by atoms with Crippen LogP contribution in [-0.2, 0) is 11.8 Å². The van der Waals surface area contributed by atoms with E-state index in [4.69, 9.17) is 0 Å². The molecule has 0 saturated carbocycles. The van der Waals surface area contributed by atoms with E-state index in [0.29, 0.717) is 5.92 Å². The Hall–Kier alpha value is -4.82. The summed E-state index contributed by atoms with van der Waals surface area (Å²) in [6.07, 6.45) is 5.87. The molecule has 2 heteroatoms. The SMILES string of the molecule is CC(C)(C)c1ccc2c(c1)c1ccccc1n2-c1cccc(-c2cccc(-n3c4c(c5ccccc53)CC(C(C)(C)C)C=C4)c2)c1. The number of aromatic nitrogens is 2. The smallest absolute Gasteiger partial charge is 0.0541 e. The molecule has 0 bridgehead atoms. The third kappa shape index (κ3) is 4.62. The zero-order chi connectivity index (χ0) is 31.8. The average molecular weight is 599 g/mol. The van der Waals surface area contributed by atoms with Crippen LogP contribution in [0.4, 0.5) is 0 Å². The van der Waals surface area contributed by atoms with Gasteiger partial charge in [-0.15, -0.1) is 0 Å². The first-order valence-corrected chi connectivity index (χ1v) is 16.6. The molecule has 7 aromatic rings. The van der Waals surface area contributed by atoms with Gasteiger partial charge in [-0.3, -0.25) is 0 Å². The number of hydrogen-bond acceptors (Lipinski definition) is 0. The molecular weight excluding hydrogens is 556 g/mol. The second-order valence-corrected chi connectivity index (χ2v) is 15.2. The first-order chi connectivity index (χ1) is 22.1. The quantitative estimate of drug-likeness (QED) is 0.191. The highest BCUT2D eigenvalue weighted by atomic mass is 15.0. The topological polar surface area (TPSA) is 9.86 Å². The van der Waals surface area contributed by atoms with E-state index < -0.39 is 0 Å². The van der Waals surface area contributed by atoms with Crippen molar-refractivity contribution >= 4 is 38.8 Å². The minimum atomic E-state index is 0.0940. The molecule has 2 nitrogen and oxygen atoms in total. The van der Waals surface area contributed by atoms with Gasteiger partial charge in [0.1, 0.15) is 0 Å². The summed E-state index contributed by atoms with van der Waals surface area (Å²) in [5, 5.41) is 3.97. The first-order valence-electron chi connectivity index (χ1n) is 16.6. The Kier molecular flexibility index (Phi) is 6.45. The van der Waals surface area contributed by atoms with Gasteiger partial charge < -0.3 is 9.13 Å². The van der Waals surface area contributed by atoms with E-state index in [0.717, 1.165) is 6.42 Å². The molecule has 0 saturated heterocycles. The van der Waals surface area contributed by atoms with Crippen LogP contribution >= 0.6 is 0 Å². The van der Waals surface area contributed by atoms with E-state index in [1.165, 1.54) is 72.0 Å². The van der Waals surface area contributed by atoms with Gasteiger partial charge in [-0.1, -0.05) is 114 Å². The standard InChI is InChI=1S/C44H42N2/c1-43(2,3)31-21-23-41-37(27-31)35-17-7-9-19-39(35)45(41)33-15-11-13-29(25-33)30-14-12-16-34(26-30)46-40-20-10-8-18-36(40)38-28-32(44(4,5)6)22-24-42(38)46/h7-27,32H,28H2,1-6H3. The molecule has 2 aromatic heterocycles. The Labute approximate surface area is 272 Å². The van der Waals surface area contributed by atoms with Crippen LogP contribution in [0.1, 0.15) is 58.4 Å². The van der Waals surface area contributed by atoms with Crippen LogP contribution in [0.2, 0.25) is 0 Å². The highest BCUT2D eigenvalue weighted by molar-refractivity contribution is 6.09. The van der Waals surface area contributed by atoms with Crippen molar-refractivity contribution < 1.29 is 0 Å². The molecule has 46 heavy (non-hydrogen) atoms. The minimum Gasteiger partial charge on any atom is -0.310 e. The van der Waals surface area contributed by atoms with Crippen molar-refractivity contribution in [2.75, 3.05) is 0 Å². The van der Waals surface area contributed by atoms with E-state index >= 15 is 0 Å². The monoisotopic (exact) mass is 598 g/mol. The van der Waals surface area contributed by atoms with E-state index in [9.17, 15) is 0 Å². The second-order valence-electron chi connectivity index (χ2n) is 15.2. The maximum Gasteiger partial charge on any atom is 0.0541 e. The van der Waals surface area contributed by atoms with Gasteiger partial charge >= 0.3 is 0 Å².